The van der Waals surface area contributed by atoms with E-state index in [1.165, 1.54) is 6.42 Å². The molecule has 1 aliphatic heterocycles. The predicted molar refractivity (Wildman–Crippen MR) is 87.3 cm³/mol. The number of ether oxygens (including phenoxy) is 2. The van der Waals surface area contributed by atoms with Crippen LogP contribution in [0.25, 0.3) is 0 Å². The number of carbonyl (C=O) groups is 1. The van der Waals surface area contributed by atoms with E-state index in [-0.39, 0.29) is 5.91 Å². The fourth-order valence-corrected chi connectivity index (χ4v) is 3.07. The Kier molecular flexibility index (Phi) is 5.52. The molecule has 0 spiro atoms. The minimum Gasteiger partial charge on any atom is -0.493 e. The number of likely N-dealkylation sites (tertiary alicyclic amines) is 1. The van der Waals surface area contributed by atoms with Gasteiger partial charge in [-0.15, -0.1) is 0 Å². The molecule has 22 heavy (non-hydrogen) atoms. The van der Waals surface area contributed by atoms with Crippen LogP contribution in [0.5, 0.6) is 11.5 Å². The van der Waals surface area contributed by atoms with E-state index >= 15 is 0 Å². The lowest BCUT2D eigenvalue weighted by Crippen LogP contribution is -2.39. The molecule has 1 aromatic rings. The van der Waals surface area contributed by atoms with Crippen LogP contribution in [-0.2, 0) is 11.2 Å². The van der Waals surface area contributed by atoms with Crippen molar-refractivity contribution < 1.29 is 14.3 Å². The lowest BCUT2D eigenvalue weighted by molar-refractivity contribution is -0.132. The van der Waals surface area contributed by atoms with Crippen LogP contribution < -0.4 is 15.2 Å². The standard InChI is InChI=1S/C17H26N2O3/c1-12-5-4-8-19(11-12)16(20)7-6-13-9-14(18)10-15(21-2)17(13)22-3/h9-10,12H,4-8,11,18H2,1-3H3. The van der Waals surface area contributed by atoms with Gasteiger partial charge in [0.2, 0.25) is 5.91 Å². The molecular formula is C17H26N2O3. The Morgan fingerprint density at radius 1 is 1.36 bits per heavy atom. The Morgan fingerprint density at radius 3 is 2.77 bits per heavy atom. The molecule has 122 valence electrons. The fourth-order valence-electron chi connectivity index (χ4n) is 3.07. The van der Waals surface area contributed by atoms with Crippen molar-refractivity contribution in [2.24, 2.45) is 5.92 Å². The molecule has 0 bridgehead atoms. The lowest BCUT2D eigenvalue weighted by atomic mass is 9.99. The Balaban J connectivity index is 2.04. The van der Waals surface area contributed by atoms with Crippen molar-refractivity contribution in [2.45, 2.75) is 32.6 Å². The zero-order valence-corrected chi connectivity index (χ0v) is 13.7. The maximum absolute atomic E-state index is 12.4. The monoisotopic (exact) mass is 306 g/mol. The van der Waals surface area contributed by atoms with E-state index < -0.39 is 0 Å². The fraction of sp³-hybridized carbons (Fsp3) is 0.588. The zero-order valence-electron chi connectivity index (χ0n) is 13.7. The first-order valence-corrected chi connectivity index (χ1v) is 7.83. The van der Waals surface area contributed by atoms with Crippen molar-refractivity contribution in [3.8, 4) is 11.5 Å². The van der Waals surface area contributed by atoms with Gasteiger partial charge in [0.15, 0.2) is 11.5 Å². The molecule has 5 nitrogen and oxygen atoms in total. The summed E-state index contributed by atoms with van der Waals surface area (Å²) in [7, 11) is 3.19. The average molecular weight is 306 g/mol. The van der Waals surface area contributed by atoms with E-state index in [4.69, 9.17) is 15.2 Å². The minimum atomic E-state index is 0.204. The highest BCUT2D eigenvalue weighted by atomic mass is 16.5. The Bertz CT molecular complexity index is 531. The van der Waals surface area contributed by atoms with Crippen LogP contribution in [0, 0.1) is 5.92 Å². The summed E-state index contributed by atoms with van der Waals surface area (Å²) in [6.07, 6.45) is 3.39. The van der Waals surface area contributed by atoms with Crippen LogP contribution >= 0.6 is 0 Å². The SMILES string of the molecule is COc1cc(N)cc(CCC(=O)N2CCCC(C)C2)c1OC. The second kappa shape index (κ2) is 7.38. The summed E-state index contributed by atoms with van der Waals surface area (Å²) >= 11 is 0. The number of methoxy groups -OCH3 is 2. The number of piperidine rings is 1. The van der Waals surface area contributed by atoms with Gasteiger partial charge in [-0.25, -0.2) is 0 Å². The highest BCUT2D eigenvalue weighted by Gasteiger charge is 2.21. The molecule has 0 aromatic heterocycles. The quantitative estimate of drug-likeness (QED) is 0.849. The maximum Gasteiger partial charge on any atom is 0.222 e. The van der Waals surface area contributed by atoms with Gasteiger partial charge in [-0.05, 0) is 31.2 Å². The first-order chi connectivity index (χ1) is 10.5. The molecule has 1 atom stereocenters. The van der Waals surface area contributed by atoms with Crippen molar-refractivity contribution >= 4 is 11.6 Å². The van der Waals surface area contributed by atoms with Crippen LogP contribution in [0.1, 0.15) is 31.7 Å². The maximum atomic E-state index is 12.4. The van der Waals surface area contributed by atoms with E-state index in [9.17, 15) is 4.79 Å². The van der Waals surface area contributed by atoms with E-state index in [1.54, 1.807) is 20.3 Å². The molecule has 1 heterocycles. The smallest absolute Gasteiger partial charge is 0.222 e. The molecule has 1 amide bonds. The number of rotatable bonds is 5. The van der Waals surface area contributed by atoms with Gasteiger partial charge in [0, 0.05) is 36.8 Å². The first kappa shape index (κ1) is 16.5. The largest absolute Gasteiger partial charge is 0.493 e. The molecule has 0 aliphatic carbocycles. The predicted octanol–water partition coefficient (Wildman–Crippen LogP) is 2.48. The van der Waals surface area contributed by atoms with Crippen molar-refractivity contribution in [1.29, 1.82) is 0 Å². The minimum absolute atomic E-state index is 0.204. The van der Waals surface area contributed by atoms with Gasteiger partial charge in [0.05, 0.1) is 14.2 Å². The number of nitrogen functional groups attached to an aromatic ring is 1. The molecule has 2 rings (SSSR count). The van der Waals surface area contributed by atoms with Crippen molar-refractivity contribution in [1.82, 2.24) is 4.90 Å². The third kappa shape index (κ3) is 3.84. The summed E-state index contributed by atoms with van der Waals surface area (Å²) in [6, 6.07) is 3.59. The Labute approximate surface area is 132 Å². The van der Waals surface area contributed by atoms with E-state index in [2.05, 4.69) is 6.92 Å². The molecule has 1 aromatic carbocycles. The molecule has 1 saturated heterocycles. The first-order valence-electron chi connectivity index (χ1n) is 7.83. The highest BCUT2D eigenvalue weighted by molar-refractivity contribution is 5.77. The van der Waals surface area contributed by atoms with Gasteiger partial charge in [0.25, 0.3) is 0 Å². The van der Waals surface area contributed by atoms with Gasteiger partial charge in [0.1, 0.15) is 0 Å². The topological polar surface area (TPSA) is 64.8 Å². The van der Waals surface area contributed by atoms with Crippen molar-refractivity contribution in [2.75, 3.05) is 33.0 Å². The van der Waals surface area contributed by atoms with Gasteiger partial charge in [-0.2, -0.15) is 0 Å². The molecule has 0 radical (unpaired) electrons. The molecular weight excluding hydrogens is 280 g/mol. The van der Waals surface area contributed by atoms with Gasteiger partial charge in [-0.3, -0.25) is 4.79 Å². The number of anilines is 1. The molecule has 0 saturated carbocycles. The number of nitrogens with zero attached hydrogens (tertiary/aromatic N) is 1. The van der Waals surface area contributed by atoms with Crippen molar-refractivity contribution in [3.05, 3.63) is 17.7 Å². The third-order valence-corrected chi connectivity index (χ3v) is 4.20. The number of carbonyl (C=O) groups excluding carboxylic acids is 1. The molecule has 1 unspecified atom stereocenters. The van der Waals surface area contributed by atoms with E-state index in [0.29, 0.717) is 35.9 Å². The number of amides is 1. The van der Waals surface area contributed by atoms with Crippen LogP contribution in [0.4, 0.5) is 5.69 Å². The number of nitrogens with two attached hydrogens (primary N) is 1. The number of hydrogen-bond donors (Lipinski definition) is 1. The Morgan fingerprint density at radius 2 is 2.14 bits per heavy atom. The van der Waals surface area contributed by atoms with E-state index in [1.807, 2.05) is 11.0 Å². The van der Waals surface area contributed by atoms with Gasteiger partial charge in [-0.1, -0.05) is 6.92 Å². The summed E-state index contributed by atoms with van der Waals surface area (Å²) in [5.74, 6) is 2.07. The van der Waals surface area contributed by atoms with E-state index in [0.717, 1.165) is 25.1 Å². The normalized spacial score (nSPS) is 18.1. The average Bonchev–Trinajstić information content (AvgIpc) is 2.51. The zero-order chi connectivity index (χ0) is 16.1. The third-order valence-electron chi connectivity index (χ3n) is 4.20. The molecule has 1 aliphatic rings. The summed E-state index contributed by atoms with van der Waals surface area (Å²) in [6.45, 7) is 3.95. The van der Waals surface area contributed by atoms with Crippen LogP contribution in [0.15, 0.2) is 12.1 Å². The number of aryl methyl sites for hydroxylation is 1. The van der Waals surface area contributed by atoms with Gasteiger partial charge < -0.3 is 20.1 Å². The van der Waals surface area contributed by atoms with Crippen molar-refractivity contribution in [3.63, 3.8) is 0 Å². The van der Waals surface area contributed by atoms with Crippen LogP contribution in [-0.4, -0.2) is 38.1 Å². The number of hydrogen-bond acceptors (Lipinski definition) is 4. The summed E-state index contributed by atoms with van der Waals surface area (Å²) in [5, 5.41) is 0. The van der Waals surface area contributed by atoms with Gasteiger partial charge >= 0.3 is 0 Å². The second-order valence-electron chi connectivity index (χ2n) is 6.00. The number of benzene rings is 1. The van der Waals surface area contributed by atoms with Crippen LogP contribution in [0.2, 0.25) is 0 Å². The highest BCUT2D eigenvalue weighted by Crippen LogP contribution is 2.34. The molecule has 1 fully saturated rings. The summed E-state index contributed by atoms with van der Waals surface area (Å²) in [4.78, 5) is 14.4. The van der Waals surface area contributed by atoms with Crippen LogP contribution in [0.3, 0.4) is 0 Å². The Hall–Kier alpha value is -1.91. The lowest BCUT2D eigenvalue weighted by Gasteiger charge is -2.31. The molecule has 5 heteroatoms. The summed E-state index contributed by atoms with van der Waals surface area (Å²) in [5.41, 5.74) is 7.43. The molecule has 2 N–H and O–H groups in total. The summed E-state index contributed by atoms with van der Waals surface area (Å²) < 4.78 is 10.7. The second-order valence-corrected chi connectivity index (χ2v) is 6.00.